The maximum atomic E-state index is 13.9. The Morgan fingerprint density at radius 2 is 2.45 bits per heavy atom. The quantitative estimate of drug-likeness (QED) is 0.809. The standard InChI is InChI=1S/C12H18FN5O2/c1-3-15-11(19)9-7-20-5-4-18(9)10-8(13)6-16-12(14-2)17-10/h6,9H,3-5,7H2,1-2H3,(H,15,19)(H,14,16,17). The van der Waals surface area contributed by atoms with Crippen LogP contribution >= 0.6 is 0 Å². The van der Waals surface area contributed by atoms with E-state index in [1.165, 1.54) is 0 Å². The van der Waals surface area contributed by atoms with E-state index in [-0.39, 0.29) is 18.3 Å². The van der Waals surface area contributed by atoms with Crippen LogP contribution in [0, 0.1) is 5.82 Å². The predicted molar refractivity (Wildman–Crippen MR) is 72.2 cm³/mol. The van der Waals surface area contributed by atoms with Crippen LogP contribution in [0.2, 0.25) is 0 Å². The third-order valence-corrected chi connectivity index (χ3v) is 3.00. The Bertz CT molecular complexity index is 485. The third kappa shape index (κ3) is 2.96. The maximum Gasteiger partial charge on any atom is 0.245 e. The fourth-order valence-electron chi connectivity index (χ4n) is 2.05. The lowest BCUT2D eigenvalue weighted by atomic mass is 10.2. The van der Waals surface area contributed by atoms with Crippen molar-refractivity contribution in [2.45, 2.75) is 13.0 Å². The number of carbonyl (C=O) groups is 1. The first-order valence-corrected chi connectivity index (χ1v) is 6.49. The zero-order valence-electron chi connectivity index (χ0n) is 11.5. The van der Waals surface area contributed by atoms with E-state index in [1.54, 1.807) is 11.9 Å². The van der Waals surface area contributed by atoms with E-state index in [2.05, 4.69) is 20.6 Å². The van der Waals surface area contributed by atoms with Crippen LogP contribution in [0.1, 0.15) is 6.92 Å². The normalized spacial score (nSPS) is 18.8. The van der Waals surface area contributed by atoms with Crippen LogP contribution in [-0.2, 0) is 9.53 Å². The molecule has 20 heavy (non-hydrogen) atoms. The molecule has 1 amide bonds. The van der Waals surface area contributed by atoms with Gasteiger partial charge in [0, 0.05) is 20.1 Å². The Hall–Kier alpha value is -1.96. The summed E-state index contributed by atoms with van der Waals surface area (Å²) in [6.07, 6.45) is 1.10. The Kier molecular flexibility index (Phi) is 4.67. The van der Waals surface area contributed by atoms with Gasteiger partial charge in [-0.15, -0.1) is 0 Å². The highest BCUT2D eigenvalue weighted by molar-refractivity contribution is 5.85. The van der Waals surface area contributed by atoms with Gasteiger partial charge in [-0.3, -0.25) is 4.79 Å². The van der Waals surface area contributed by atoms with Gasteiger partial charge in [-0.1, -0.05) is 0 Å². The van der Waals surface area contributed by atoms with Crippen molar-refractivity contribution in [3.8, 4) is 0 Å². The van der Waals surface area contributed by atoms with Crippen LogP contribution < -0.4 is 15.5 Å². The molecule has 2 heterocycles. The Balaban J connectivity index is 2.29. The highest BCUT2D eigenvalue weighted by Gasteiger charge is 2.32. The molecule has 1 aromatic rings. The van der Waals surface area contributed by atoms with E-state index in [9.17, 15) is 9.18 Å². The molecule has 0 saturated carbocycles. The molecule has 1 fully saturated rings. The van der Waals surface area contributed by atoms with Crippen molar-refractivity contribution in [1.82, 2.24) is 15.3 Å². The van der Waals surface area contributed by atoms with Crippen molar-refractivity contribution in [3.63, 3.8) is 0 Å². The summed E-state index contributed by atoms with van der Waals surface area (Å²) in [4.78, 5) is 21.6. The van der Waals surface area contributed by atoms with Crippen LogP contribution in [0.3, 0.4) is 0 Å². The van der Waals surface area contributed by atoms with Crippen LogP contribution in [0.5, 0.6) is 0 Å². The van der Waals surface area contributed by atoms with Crippen molar-refractivity contribution < 1.29 is 13.9 Å². The number of amides is 1. The predicted octanol–water partition coefficient (Wildman–Crippen LogP) is -0.00130. The fourth-order valence-corrected chi connectivity index (χ4v) is 2.05. The number of anilines is 2. The molecular formula is C12H18FN5O2. The van der Waals surface area contributed by atoms with Gasteiger partial charge in [0.15, 0.2) is 11.6 Å². The zero-order valence-corrected chi connectivity index (χ0v) is 11.5. The number of halogens is 1. The molecule has 1 aliphatic heterocycles. The van der Waals surface area contributed by atoms with Gasteiger partial charge < -0.3 is 20.3 Å². The second-order valence-electron chi connectivity index (χ2n) is 4.29. The van der Waals surface area contributed by atoms with Gasteiger partial charge in [-0.2, -0.15) is 4.98 Å². The molecule has 7 nitrogen and oxygen atoms in total. The molecule has 2 N–H and O–H groups in total. The second-order valence-corrected chi connectivity index (χ2v) is 4.29. The zero-order chi connectivity index (χ0) is 14.5. The highest BCUT2D eigenvalue weighted by Crippen LogP contribution is 2.21. The van der Waals surface area contributed by atoms with Gasteiger partial charge in [0.1, 0.15) is 6.04 Å². The summed E-state index contributed by atoms with van der Waals surface area (Å²) >= 11 is 0. The molecular weight excluding hydrogens is 265 g/mol. The summed E-state index contributed by atoms with van der Waals surface area (Å²) < 4.78 is 19.3. The van der Waals surface area contributed by atoms with E-state index in [1.807, 2.05) is 6.92 Å². The lowest BCUT2D eigenvalue weighted by Crippen LogP contribution is -2.54. The summed E-state index contributed by atoms with van der Waals surface area (Å²) in [7, 11) is 1.65. The smallest absolute Gasteiger partial charge is 0.245 e. The molecule has 1 unspecified atom stereocenters. The lowest BCUT2D eigenvalue weighted by Gasteiger charge is -2.35. The van der Waals surface area contributed by atoms with Crippen molar-refractivity contribution in [1.29, 1.82) is 0 Å². The van der Waals surface area contributed by atoms with E-state index < -0.39 is 11.9 Å². The van der Waals surface area contributed by atoms with Gasteiger partial charge in [0.05, 0.1) is 19.4 Å². The summed E-state index contributed by atoms with van der Waals surface area (Å²) in [5.74, 6) is -0.331. The van der Waals surface area contributed by atoms with Crippen LogP contribution in [0.4, 0.5) is 16.2 Å². The first-order valence-electron chi connectivity index (χ1n) is 6.49. The molecule has 1 saturated heterocycles. The number of hydrogen-bond acceptors (Lipinski definition) is 6. The minimum atomic E-state index is -0.585. The molecule has 110 valence electrons. The topological polar surface area (TPSA) is 79.4 Å². The molecule has 1 atom stereocenters. The molecule has 1 aliphatic rings. The SMILES string of the molecule is CCNC(=O)C1COCCN1c1nc(NC)ncc1F. The van der Waals surface area contributed by atoms with Crippen molar-refractivity contribution in [2.24, 2.45) is 0 Å². The van der Waals surface area contributed by atoms with Gasteiger partial charge in [-0.25, -0.2) is 9.37 Å². The summed E-state index contributed by atoms with van der Waals surface area (Å²) in [5.41, 5.74) is 0. The van der Waals surface area contributed by atoms with Gasteiger partial charge >= 0.3 is 0 Å². The largest absolute Gasteiger partial charge is 0.377 e. The lowest BCUT2D eigenvalue weighted by molar-refractivity contribution is -0.124. The Labute approximate surface area is 116 Å². The molecule has 1 aromatic heterocycles. The fraction of sp³-hybridized carbons (Fsp3) is 0.583. The highest BCUT2D eigenvalue weighted by atomic mass is 19.1. The molecule has 0 bridgehead atoms. The number of morpholine rings is 1. The first-order chi connectivity index (χ1) is 9.67. The number of likely N-dealkylation sites (N-methyl/N-ethyl adjacent to an activating group) is 1. The first kappa shape index (κ1) is 14.4. The molecule has 8 heteroatoms. The van der Waals surface area contributed by atoms with E-state index >= 15 is 0 Å². The number of nitrogens with zero attached hydrogens (tertiary/aromatic N) is 3. The molecule has 0 aromatic carbocycles. The number of ether oxygens (including phenoxy) is 1. The van der Waals surface area contributed by atoms with E-state index in [4.69, 9.17) is 4.74 Å². The monoisotopic (exact) mass is 283 g/mol. The minimum absolute atomic E-state index is 0.115. The van der Waals surface area contributed by atoms with Crippen LogP contribution in [-0.4, -0.2) is 55.3 Å². The number of aromatic nitrogens is 2. The van der Waals surface area contributed by atoms with Gasteiger partial charge in [-0.05, 0) is 6.92 Å². The minimum Gasteiger partial charge on any atom is -0.377 e. The summed E-state index contributed by atoms with van der Waals surface area (Å²) in [5, 5.41) is 5.48. The number of rotatable bonds is 4. The summed E-state index contributed by atoms with van der Waals surface area (Å²) in [6, 6.07) is -0.585. The number of nitrogens with one attached hydrogen (secondary N) is 2. The van der Waals surface area contributed by atoms with Crippen molar-refractivity contribution in [2.75, 3.05) is 43.6 Å². The number of carbonyl (C=O) groups excluding carboxylic acids is 1. The maximum absolute atomic E-state index is 13.9. The molecule has 0 spiro atoms. The van der Waals surface area contributed by atoms with Gasteiger partial charge in [0.25, 0.3) is 0 Å². The van der Waals surface area contributed by atoms with Crippen molar-refractivity contribution >= 4 is 17.7 Å². The molecule has 2 rings (SSSR count). The average Bonchev–Trinajstić information content (AvgIpc) is 2.48. The van der Waals surface area contributed by atoms with E-state index in [0.717, 1.165) is 6.20 Å². The van der Waals surface area contributed by atoms with Crippen LogP contribution in [0.25, 0.3) is 0 Å². The Morgan fingerprint density at radius 1 is 1.65 bits per heavy atom. The second kappa shape index (κ2) is 6.47. The van der Waals surface area contributed by atoms with E-state index in [0.29, 0.717) is 25.6 Å². The number of hydrogen-bond donors (Lipinski definition) is 2. The van der Waals surface area contributed by atoms with Gasteiger partial charge in [0.2, 0.25) is 11.9 Å². The third-order valence-electron chi connectivity index (χ3n) is 3.00. The van der Waals surface area contributed by atoms with Crippen LogP contribution in [0.15, 0.2) is 6.20 Å². The molecule has 0 aliphatic carbocycles. The summed E-state index contributed by atoms with van der Waals surface area (Å²) in [6.45, 7) is 3.38. The molecule has 0 radical (unpaired) electrons. The average molecular weight is 283 g/mol. The van der Waals surface area contributed by atoms with Crippen molar-refractivity contribution in [3.05, 3.63) is 12.0 Å². The Morgan fingerprint density at radius 3 is 3.15 bits per heavy atom.